The molecule has 0 spiro atoms. The van der Waals surface area contributed by atoms with E-state index in [0.717, 1.165) is 0 Å². The Kier molecular flexibility index (Phi) is 4.08. The average Bonchev–Trinajstić information content (AvgIpc) is 2.28. The van der Waals surface area contributed by atoms with E-state index in [1.807, 2.05) is 0 Å². The van der Waals surface area contributed by atoms with Crippen molar-refractivity contribution >= 4 is 11.7 Å². The highest BCUT2D eigenvalue weighted by atomic mass is 16.6. The maximum atomic E-state index is 10.7. The number of rotatable bonds is 5. The summed E-state index contributed by atoms with van der Waals surface area (Å²) in [5.74, 6) is 0.0589. The highest BCUT2D eigenvalue weighted by Gasteiger charge is 2.01. The third kappa shape index (κ3) is 3.63. The topological polar surface area (TPSA) is 77.0 Å². The van der Waals surface area contributed by atoms with Crippen molar-refractivity contribution in [1.82, 2.24) is 0 Å². The Balaban J connectivity index is 2.49. The van der Waals surface area contributed by atoms with Crippen molar-refractivity contribution < 1.29 is 14.3 Å². The van der Waals surface area contributed by atoms with E-state index in [1.165, 1.54) is 7.11 Å². The van der Waals surface area contributed by atoms with E-state index in [0.29, 0.717) is 11.4 Å². The number of benzene rings is 1. The van der Waals surface area contributed by atoms with E-state index in [-0.39, 0.29) is 6.61 Å². The van der Waals surface area contributed by atoms with Gasteiger partial charge in [-0.3, -0.25) is 0 Å². The molecule has 0 aliphatic rings. The average molecular weight is 210 g/mol. The van der Waals surface area contributed by atoms with Crippen molar-refractivity contribution in [1.29, 1.82) is 0 Å². The van der Waals surface area contributed by atoms with Gasteiger partial charge in [0.2, 0.25) is 0 Å². The lowest BCUT2D eigenvalue weighted by Gasteiger charge is -2.04. The Hall–Kier alpha value is -2.11. The van der Waals surface area contributed by atoms with E-state index in [1.54, 1.807) is 24.3 Å². The van der Waals surface area contributed by atoms with Crippen LogP contribution in [0.15, 0.2) is 29.6 Å². The van der Waals surface area contributed by atoms with E-state index >= 15 is 0 Å². The van der Waals surface area contributed by atoms with E-state index < -0.39 is 5.97 Å². The van der Waals surface area contributed by atoms with Crippen LogP contribution >= 0.6 is 0 Å². The Morgan fingerprint density at radius 1 is 1.40 bits per heavy atom. The number of carbonyl (C=O) groups excluding carboxylic acids is 1. The van der Waals surface area contributed by atoms with Crippen LogP contribution in [-0.4, -0.2) is 19.7 Å². The lowest BCUT2D eigenvalue weighted by atomic mass is 10.3. The first kappa shape index (κ1) is 11.0. The van der Waals surface area contributed by atoms with Gasteiger partial charge in [-0.05, 0) is 24.3 Å². The Labute approximate surface area is 86.1 Å². The first-order valence-electron chi connectivity index (χ1n) is 4.14. The quantitative estimate of drug-likeness (QED) is 0.450. The number of anilines is 1. The van der Waals surface area contributed by atoms with Gasteiger partial charge in [0.05, 0.1) is 18.1 Å². The highest BCUT2D eigenvalue weighted by molar-refractivity contribution is 5.70. The van der Waals surface area contributed by atoms with Crippen molar-refractivity contribution in [2.24, 2.45) is 5.29 Å². The van der Waals surface area contributed by atoms with Crippen LogP contribution in [0.5, 0.6) is 5.75 Å². The van der Waals surface area contributed by atoms with Crippen molar-refractivity contribution in [3.05, 3.63) is 29.2 Å². The fraction of sp³-hybridized carbons (Fsp3) is 0.222. The van der Waals surface area contributed by atoms with Crippen molar-refractivity contribution in [3.63, 3.8) is 0 Å². The summed E-state index contributed by atoms with van der Waals surface area (Å²) >= 11 is 0. The van der Waals surface area contributed by atoms with Crippen LogP contribution in [0.2, 0.25) is 0 Å². The maximum Gasteiger partial charge on any atom is 0.343 e. The largest absolute Gasteiger partial charge is 0.482 e. The van der Waals surface area contributed by atoms with E-state index in [2.05, 4.69) is 15.4 Å². The molecule has 1 rings (SSSR count). The second kappa shape index (κ2) is 5.58. The number of hydrogen-bond acceptors (Lipinski definition) is 5. The number of methoxy groups -OCH3 is 1. The van der Waals surface area contributed by atoms with Crippen LogP contribution < -0.4 is 10.2 Å². The van der Waals surface area contributed by atoms with Gasteiger partial charge in [-0.15, -0.1) is 4.91 Å². The minimum Gasteiger partial charge on any atom is -0.482 e. The van der Waals surface area contributed by atoms with Gasteiger partial charge in [0, 0.05) is 0 Å². The summed E-state index contributed by atoms with van der Waals surface area (Å²) in [6.45, 7) is -0.144. The maximum absolute atomic E-state index is 10.7. The molecule has 0 aromatic heterocycles. The molecule has 0 radical (unpaired) electrons. The monoisotopic (exact) mass is 210 g/mol. The van der Waals surface area contributed by atoms with Gasteiger partial charge in [-0.1, -0.05) is 0 Å². The van der Waals surface area contributed by atoms with Gasteiger partial charge in [-0.25, -0.2) is 10.2 Å². The van der Waals surface area contributed by atoms with Crippen LogP contribution in [0.4, 0.5) is 5.69 Å². The van der Waals surface area contributed by atoms with Crippen LogP contribution in [-0.2, 0) is 9.53 Å². The zero-order chi connectivity index (χ0) is 11.1. The second-order valence-corrected chi connectivity index (χ2v) is 2.59. The van der Waals surface area contributed by atoms with Gasteiger partial charge in [-0.2, -0.15) is 0 Å². The molecular formula is C9H10N2O4. The minimum atomic E-state index is -0.452. The minimum absolute atomic E-state index is 0.144. The lowest BCUT2D eigenvalue weighted by Crippen LogP contribution is -2.12. The summed E-state index contributed by atoms with van der Waals surface area (Å²) < 4.78 is 9.48. The summed E-state index contributed by atoms with van der Waals surface area (Å²) in [6.07, 6.45) is 0. The summed E-state index contributed by atoms with van der Waals surface area (Å²) in [5, 5.41) is 2.51. The van der Waals surface area contributed by atoms with Crippen LogP contribution in [0.1, 0.15) is 0 Å². The van der Waals surface area contributed by atoms with Crippen LogP contribution in [0, 0.1) is 4.91 Å². The molecule has 0 amide bonds. The third-order valence-electron chi connectivity index (χ3n) is 1.61. The fourth-order valence-electron chi connectivity index (χ4n) is 0.880. The number of ether oxygens (including phenoxy) is 2. The Morgan fingerprint density at radius 2 is 2.07 bits per heavy atom. The van der Waals surface area contributed by atoms with Crippen molar-refractivity contribution in [2.75, 3.05) is 19.1 Å². The van der Waals surface area contributed by atoms with Gasteiger partial charge in [0.15, 0.2) is 6.61 Å². The Bertz CT molecular complexity index is 336. The molecule has 0 atom stereocenters. The predicted octanol–water partition coefficient (Wildman–Crippen LogP) is 1.33. The molecular weight excluding hydrogens is 200 g/mol. The van der Waals surface area contributed by atoms with Crippen LogP contribution in [0.3, 0.4) is 0 Å². The molecule has 80 valence electrons. The lowest BCUT2D eigenvalue weighted by molar-refractivity contribution is -0.142. The second-order valence-electron chi connectivity index (χ2n) is 2.59. The van der Waals surface area contributed by atoms with Gasteiger partial charge < -0.3 is 9.47 Å². The molecule has 6 heteroatoms. The first-order chi connectivity index (χ1) is 7.26. The van der Waals surface area contributed by atoms with Gasteiger partial charge in [0.25, 0.3) is 0 Å². The molecule has 6 nitrogen and oxygen atoms in total. The van der Waals surface area contributed by atoms with E-state index in [4.69, 9.17) is 4.74 Å². The van der Waals surface area contributed by atoms with E-state index in [9.17, 15) is 9.70 Å². The summed E-state index contributed by atoms with van der Waals surface area (Å²) in [7, 11) is 1.29. The zero-order valence-electron chi connectivity index (χ0n) is 8.10. The summed E-state index contributed by atoms with van der Waals surface area (Å²) in [4.78, 5) is 20.6. The molecule has 0 aliphatic carbocycles. The summed E-state index contributed by atoms with van der Waals surface area (Å²) in [5.41, 5.74) is 2.78. The number of carbonyl (C=O) groups is 1. The highest BCUT2D eigenvalue weighted by Crippen LogP contribution is 2.15. The molecule has 0 saturated heterocycles. The number of hydrogen-bond donors (Lipinski definition) is 1. The molecule has 0 bridgehead atoms. The number of nitrogens with zero attached hydrogens (tertiary/aromatic N) is 1. The molecule has 1 aromatic rings. The predicted molar refractivity (Wildman–Crippen MR) is 53.4 cm³/mol. The molecule has 1 N–H and O–H groups in total. The third-order valence-corrected chi connectivity index (χ3v) is 1.61. The number of nitrogens with one attached hydrogen (secondary N) is 1. The first-order valence-corrected chi connectivity index (χ1v) is 4.14. The fourth-order valence-corrected chi connectivity index (χ4v) is 0.880. The molecule has 1 aromatic carbocycles. The molecule has 0 fully saturated rings. The summed E-state index contributed by atoms with van der Waals surface area (Å²) in [6, 6.07) is 6.43. The van der Waals surface area contributed by atoms with Crippen molar-refractivity contribution in [3.8, 4) is 5.75 Å². The van der Waals surface area contributed by atoms with Crippen LogP contribution in [0.25, 0.3) is 0 Å². The molecule has 0 heterocycles. The molecule has 0 saturated carbocycles. The molecule has 0 unspecified atom stereocenters. The SMILES string of the molecule is COC(=O)COc1ccc(NN=O)cc1. The zero-order valence-corrected chi connectivity index (χ0v) is 8.10. The number of nitroso groups, excluding NO2 is 1. The smallest absolute Gasteiger partial charge is 0.343 e. The van der Waals surface area contributed by atoms with Gasteiger partial charge in [0.1, 0.15) is 5.75 Å². The molecule has 0 aliphatic heterocycles. The molecule has 15 heavy (non-hydrogen) atoms. The number of esters is 1. The Morgan fingerprint density at radius 3 is 2.60 bits per heavy atom. The van der Waals surface area contributed by atoms with Crippen molar-refractivity contribution in [2.45, 2.75) is 0 Å². The standard InChI is InChI=1S/C9H10N2O4/c1-14-9(12)6-15-8-4-2-7(3-5-8)10-11-13/h2-5H,6H2,1H3,(H,10,13). The van der Waals surface area contributed by atoms with Gasteiger partial charge >= 0.3 is 5.97 Å². The normalized spacial score (nSPS) is 9.13.